The maximum atomic E-state index is 11.9. The molecule has 5 rings (SSSR count). The highest BCUT2D eigenvalue weighted by Crippen LogP contribution is 2.44. The number of likely N-dealkylation sites (tertiary alicyclic amines) is 1. The number of piperidine rings is 1. The molecule has 1 aliphatic heterocycles. The van der Waals surface area contributed by atoms with E-state index in [2.05, 4.69) is 46.6 Å². The summed E-state index contributed by atoms with van der Waals surface area (Å²) in [6.07, 6.45) is 5.67. The molecule has 0 amide bonds. The Bertz CT molecular complexity index is 1070. The zero-order valence-corrected chi connectivity index (χ0v) is 20.3. The maximum absolute atomic E-state index is 11.9. The first-order valence-corrected chi connectivity index (χ1v) is 12.9. The number of benzene rings is 2. The van der Waals surface area contributed by atoms with Crippen molar-refractivity contribution < 1.29 is 14.6 Å². The van der Waals surface area contributed by atoms with Gasteiger partial charge in [-0.15, -0.1) is 0 Å². The van der Waals surface area contributed by atoms with Gasteiger partial charge in [0.05, 0.1) is 17.6 Å². The summed E-state index contributed by atoms with van der Waals surface area (Å²) in [4.78, 5) is 14.2. The quantitative estimate of drug-likeness (QED) is 0.531. The van der Waals surface area contributed by atoms with Crippen molar-refractivity contribution >= 4 is 5.97 Å². The molecule has 3 aliphatic rings. The summed E-state index contributed by atoms with van der Waals surface area (Å²) < 4.78 is 6.27. The molecule has 0 spiro atoms. The lowest BCUT2D eigenvalue weighted by Crippen LogP contribution is -2.53. The van der Waals surface area contributed by atoms with Gasteiger partial charge in [0.25, 0.3) is 0 Å². The van der Waals surface area contributed by atoms with Crippen molar-refractivity contribution in [3.8, 4) is 11.8 Å². The van der Waals surface area contributed by atoms with E-state index in [4.69, 9.17) is 4.74 Å². The summed E-state index contributed by atoms with van der Waals surface area (Å²) in [5, 5.41) is 23.1. The number of nitrogens with one attached hydrogen (secondary N) is 1. The minimum Gasteiger partial charge on any atom is -0.492 e. The van der Waals surface area contributed by atoms with E-state index in [-0.39, 0.29) is 5.41 Å². The molecule has 0 bridgehead atoms. The second kappa shape index (κ2) is 10.0. The molecule has 2 aromatic rings. The first kappa shape index (κ1) is 23.8. The van der Waals surface area contributed by atoms with E-state index in [0.29, 0.717) is 36.4 Å². The van der Waals surface area contributed by atoms with Gasteiger partial charge in [0, 0.05) is 30.5 Å². The van der Waals surface area contributed by atoms with Gasteiger partial charge >= 0.3 is 5.97 Å². The second-order valence-corrected chi connectivity index (χ2v) is 10.9. The van der Waals surface area contributed by atoms with E-state index in [1.807, 2.05) is 18.2 Å². The van der Waals surface area contributed by atoms with Crippen LogP contribution < -0.4 is 10.1 Å². The molecule has 0 unspecified atom stereocenters. The number of nitrogens with zero attached hydrogens (tertiary/aromatic N) is 2. The zero-order chi connectivity index (χ0) is 24.3. The van der Waals surface area contributed by atoms with E-state index in [9.17, 15) is 15.2 Å². The number of para-hydroxylation sites is 1. The molecule has 0 radical (unpaired) electrons. The lowest BCUT2D eigenvalue weighted by atomic mass is 9.68. The van der Waals surface area contributed by atoms with Gasteiger partial charge in [-0.25, -0.2) is 0 Å². The molecule has 3 fully saturated rings. The van der Waals surface area contributed by atoms with E-state index in [1.165, 1.54) is 5.56 Å². The van der Waals surface area contributed by atoms with Crippen molar-refractivity contribution in [3.05, 3.63) is 65.7 Å². The normalized spacial score (nSPS) is 24.7. The van der Waals surface area contributed by atoms with Gasteiger partial charge in [0.15, 0.2) is 0 Å². The Morgan fingerprint density at radius 1 is 1.09 bits per heavy atom. The second-order valence-electron chi connectivity index (χ2n) is 10.9. The lowest BCUT2D eigenvalue weighted by molar-refractivity contribution is -0.156. The molecule has 1 heterocycles. The van der Waals surface area contributed by atoms with Crippen LogP contribution in [0.5, 0.6) is 5.75 Å². The van der Waals surface area contributed by atoms with E-state index in [0.717, 1.165) is 58.2 Å². The predicted octanol–water partition coefficient (Wildman–Crippen LogP) is 4.42. The maximum Gasteiger partial charge on any atom is 0.310 e. The van der Waals surface area contributed by atoms with Crippen LogP contribution in [-0.4, -0.2) is 54.8 Å². The Labute approximate surface area is 207 Å². The molecule has 0 aromatic heterocycles. The Kier molecular flexibility index (Phi) is 6.82. The number of carbonyl (C=O) groups is 1. The number of nitriles is 1. The SMILES string of the molecule is N#Cc1ccccc1OCC1(CN[C@@H]2C[C@H]2c2ccccc2)CCN(CC2(C(=O)O)CCC2)CC1. The largest absolute Gasteiger partial charge is 0.492 e. The highest BCUT2D eigenvalue weighted by molar-refractivity contribution is 5.76. The number of aliphatic carboxylic acids is 1. The molecule has 1 saturated heterocycles. The smallest absolute Gasteiger partial charge is 0.310 e. The molecule has 35 heavy (non-hydrogen) atoms. The van der Waals surface area contributed by atoms with Crippen LogP contribution in [0.2, 0.25) is 0 Å². The van der Waals surface area contributed by atoms with Crippen LogP contribution in [0.15, 0.2) is 54.6 Å². The first-order chi connectivity index (χ1) is 17.0. The third kappa shape index (κ3) is 5.22. The van der Waals surface area contributed by atoms with Crippen molar-refractivity contribution in [1.82, 2.24) is 10.2 Å². The van der Waals surface area contributed by atoms with Gasteiger partial charge in [0.2, 0.25) is 0 Å². The number of hydrogen-bond donors (Lipinski definition) is 2. The third-order valence-electron chi connectivity index (χ3n) is 8.51. The Hall–Kier alpha value is -2.88. The Morgan fingerprint density at radius 2 is 1.80 bits per heavy atom. The van der Waals surface area contributed by atoms with Gasteiger partial charge in [0.1, 0.15) is 11.8 Å². The Morgan fingerprint density at radius 3 is 2.46 bits per heavy atom. The van der Waals surface area contributed by atoms with Crippen LogP contribution in [0.4, 0.5) is 0 Å². The predicted molar refractivity (Wildman–Crippen MR) is 134 cm³/mol. The molecule has 2 atom stereocenters. The molecule has 184 valence electrons. The fourth-order valence-electron chi connectivity index (χ4n) is 5.78. The van der Waals surface area contributed by atoms with Crippen molar-refractivity contribution in [1.29, 1.82) is 5.26 Å². The van der Waals surface area contributed by atoms with Crippen LogP contribution in [0.3, 0.4) is 0 Å². The number of carboxylic acids is 1. The van der Waals surface area contributed by atoms with Crippen LogP contribution >= 0.6 is 0 Å². The average molecular weight is 474 g/mol. The molecule has 2 saturated carbocycles. The van der Waals surface area contributed by atoms with Crippen molar-refractivity contribution in [2.45, 2.75) is 50.5 Å². The lowest BCUT2D eigenvalue weighted by Gasteiger charge is -2.46. The summed E-state index contributed by atoms with van der Waals surface area (Å²) >= 11 is 0. The molecule has 2 aliphatic carbocycles. The van der Waals surface area contributed by atoms with Gasteiger partial charge in [-0.2, -0.15) is 5.26 Å². The topological polar surface area (TPSA) is 85.6 Å². The molecule has 6 nitrogen and oxygen atoms in total. The van der Waals surface area contributed by atoms with E-state index in [1.54, 1.807) is 6.07 Å². The van der Waals surface area contributed by atoms with Crippen LogP contribution in [0.25, 0.3) is 0 Å². The Balaban J connectivity index is 1.23. The molecular weight excluding hydrogens is 438 g/mol. The van der Waals surface area contributed by atoms with Gasteiger partial charge in [-0.3, -0.25) is 4.79 Å². The average Bonchev–Trinajstić information content (AvgIpc) is 3.65. The zero-order valence-electron chi connectivity index (χ0n) is 20.3. The van der Waals surface area contributed by atoms with Crippen molar-refractivity contribution in [3.63, 3.8) is 0 Å². The minimum atomic E-state index is -0.639. The monoisotopic (exact) mass is 473 g/mol. The van der Waals surface area contributed by atoms with Gasteiger partial charge in [-0.05, 0) is 62.9 Å². The minimum absolute atomic E-state index is 0.0428. The fraction of sp³-hybridized carbons (Fsp3) is 0.517. The summed E-state index contributed by atoms with van der Waals surface area (Å²) in [6.45, 7) is 3.84. The summed E-state index contributed by atoms with van der Waals surface area (Å²) in [5.41, 5.74) is 1.37. The summed E-state index contributed by atoms with van der Waals surface area (Å²) in [7, 11) is 0. The molecule has 2 N–H and O–H groups in total. The van der Waals surface area contributed by atoms with Crippen LogP contribution in [0.1, 0.15) is 55.6 Å². The number of hydrogen-bond acceptors (Lipinski definition) is 5. The van der Waals surface area contributed by atoms with Gasteiger partial charge < -0.3 is 20.1 Å². The van der Waals surface area contributed by atoms with Gasteiger partial charge in [-0.1, -0.05) is 48.9 Å². The van der Waals surface area contributed by atoms with Crippen LogP contribution in [-0.2, 0) is 4.79 Å². The van der Waals surface area contributed by atoms with E-state index >= 15 is 0 Å². The molecular formula is C29H35N3O3. The number of ether oxygens (including phenoxy) is 1. The number of carboxylic acid groups (broad SMARTS) is 1. The number of rotatable bonds is 10. The van der Waals surface area contributed by atoms with Crippen LogP contribution in [0, 0.1) is 22.2 Å². The molecule has 6 heteroatoms. The fourth-order valence-corrected chi connectivity index (χ4v) is 5.78. The van der Waals surface area contributed by atoms with Crippen molar-refractivity contribution in [2.75, 3.05) is 32.8 Å². The first-order valence-electron chi connectivity index (χ1n) is 12.9. The summed E-state index contributed by atoms with van der Waals surface area (Å²) in [6, 6.07) is 20.8. The highest BCUT2D eigenvalue weighted by atomic mass is 16.5. The third-order valence-corrected chi connectivity index (χ3v) is 8.51. The summed E-state index contributed by atoms with van der Waals surface area (Å²) in [5.74, 6) is 0.576. The van der Waals surface area contributed by atoms with Crippen molar-refractivity contribution in [2.24, 2.45) is 10.8 Å². The standard InChI is InChI=1S/C29H35N3O3/c30-18-23-9-4-5-10-26(23)35-21-28(19-31-25-17-24(25)22-7-2-1-3-8-22)13-15-32(16-14-28)20-29(27(33)34)11-6-12-29/h1-5,7-10,24-25,31H,6,11-17,19-21H2,(H,33,34)/t24-,25+/m0/s1. The van der Waals surface area contributed by atoms with E-state index < -0.39 is 11.4 Å². The molecule has 2 aromatic carbocycles. The highest BCUT2D eigenvalue weighted by Gasteiger charge is 2.47.